The van der Waals surface area contributed by atoms with Crippen LogP contribution < -0.4 is 5.32 Å². The van der Waals surface area contributed by atoms with Gasteiger partial charge < -0.3 is 10.3 Å². The smallest absolute Gasteiger partial charge is 0.176 e. The lowest BCUT2D eigenvalue weighted by Gasteiger charge is -2.00. The van der Waals surface area contributed by atoms with Crippen molar-refractivity contribution in [1.29, 1.82) is 0 Å². The molecule has 0 amide bonds. The third-order valence-corrected chi connectivity index (χ3v) is 4.15. The Morgan fingerprint density at radius 1 is 1.17 bits per heavy atom. The van der Waals surface area contributed by atoms with Gasteiger partial charge in [-0.15, -0.1) is 0 Å². The number of nitrogens with zero attached hydrogens (tertiary/aromatic N) is 4. The van der Waals surface area contributed by atoms with Crippen LogP contribution in [0.4, 0.5) is 5.82 Å². The summed E-state index contributed by atoms with van der Waals surface area (Å²) in [5.41, 5.74) is 4.56. The van der Waals surface area contributed by atoms with Crippen LogP contribution in [0, 0.1) is 0 Å². The Kier molecular flexibility index (Phi) is 2.61. The van der Waals surface area contributed by atoms with E-state index in [1.165, 1.54) is 12.8 Å². The number of rotatable bonds is 4. The second-order valence-corrected chi connectivity index (χ2v) is 5.89. The van der Waals surface area contributed by atoms with E-state index < -0.39 is 0 Å². The van der Waals surface area contributed by atoms with Gasteiger partial charge in [0.25, 0.3) is 0 Å². The topological polar surface area (TPSA) is 95.2 Å². The Balaban J connectivity index is 1.40. The van der Waals surface area contributed by atoms with Crippen molar-refractivity contribution < 1.29 is 0 Å². The molecule has 0 atom stereocenters. The van der Waals surface area contributed by atoms with Crippen molar-refractivity contribution in [3.63, 3.8) is 0 Å². The SMILES string of the molecule is c1ccc2[nH]c(CNc3n[nH]c4nc(C5CC5)cnc34)nc2c1. The molecule has 0 radical (unpaired) electrons. The first-order valence-electron chi connectivity index (χ1n) is 7.75. The normalized spacial score (nSPS) is 14.6. The summed E-state index contributed by atoms with van der Waals surface area (Å²) >= 11 is 0. The fraction of sp³-hybridized carbons (Fsp3) is 0.250. The molecule has 0 unspecified atom stereocenters. The molecule has 114 valence electrons. The predicted octanol–water partition coefficient (Wildman–Crippen LogP) is 2.72. The molecule has 5 rings (SSSR count). The van der Waals surface area contributed by atoms with Crippen LogP contribution >= 0.6 is 0 Å². The number of para-hydroxylation sites is 2. The van der Waals surface area contributed by atoms with E-state index in [0.29, 0.717) is 18.3 Å². The van der Waals surface area contributed by atoms with Crippen molar-refractivity contribution in [3.05, 3.63) is 42.0 Å². The second-order valence-electron chi connectivity index (χ2n) is 5.89. The Hall–Kier alpha value is -2.96. The Morgan fingerprint density at radius 2 is 2.09 bits per heavy atom. The predicted molar refractivity (Wildman–Crippen MR) is 87.1 cm³/mol. The van der Waals surface area contributed by atoms with E-state index in [4.69, 9.17) is 0 Å². The molecular weight excluding hydrogens is 290 g/mol. The Morgan fingerprint density at radius 3 is 2.96 bits per heavy atom. The average molecular weight is 305 g/mol. The molecule has 1 aliphatic rings. The average Bonchev–Trinajstić information content (AvgIpc) is 3.22. The van der Waals surface area contributed by atoms with E-state index in [1.807, 2.05) is 30.5 Å². The number of fused-ring (bicyclic) bond motifs is 2. The van der Waals surface area contributed by atoms with E-state index >= 15 is 0 Å². The summed E-state index contributed by atoms with van der Waals surface area (Å²) in [6, 6.07) is 7.98. The highest BCUT2D eigenvalue weighted by molar-refractivity contribution is 5.82. The fourth-order valence-electron chi connectivity index (χ4n) is 2.77. The van der Waals surface area contributed by atoms with Crippen molar-refractivity contribution in [2.45, 2.75) is 25.3 Å². The summed E-state index contributed by atoms with van der Waals surface area (Å²) in [4.78, 5) is 16.9. The Labute approximate surface area is 131 Å². The van der Waals surface area contributed by atoms with Gasteiger partial charge in [-0.05, 0) is 25.0 Å². The lowest BCUT2D eigenvalue weighted by molar-refractivity contribution is 0.984. The number of H-pyrrole nitrogens is 2. The van der Waals surface area contributed by atoms with E-state index in [0.717, 1.165) is 33.7 Å². The molecule has 1 saturated carbocycles. The maximum absolute atomic E-state index is 4.60. The van der Waals surface area contributed by atoms with E-state index in [2.05, 4.69) is 35.5 Å². The molecule has 23 heavy (non-hydrogen) atoms. The zero-order valence-electron chi connectivity index (χ0n) is 12.4. The summed E-state index contributed by atoms with van der Waals surface area (Å²) in [5.74, 6) is 2.15. The zero-order chi connectivity index (χ0) is 15.2. The number of imidazole rings is 1. The molecule has 0 aliphatic heterocycles. The summed E-state index contributed by atoms with van der Waals surface area (Å²) in [6.45, 7) is 0.556. The van der Waals surface area contributed by atoms with Crippen molar-refractivity contribution in [1.82, 2.24) is 30.1 Å². The maximum Gasteiger partial charge on any atom is 0.176 e. The zero-order valence-corrected chi connectivity index (χ0v) is 12.4. The highest BCUT2D eigenvalue weighted by Gasteiger charge is 2.26. The molecule has 3 heterocycles. The molecule has 1 aliphatic carbocycles. The summed E-state index contributed by atoms with van der Waals surface area (Å²) in [6.07, 6.45) is 4.29. The van der Waals surface area contributed by atoms with Crippen LogP contribution in [0.1, 0.15) is 30.3 Å². The first-order chi connectivity index (χ1) is 11.4. The third kappa shape index (κ3) is 2.21. The molecule has 0 saturated heterocycles. The van der Waals surface area contributed by atoms with E-state index in [1.54, 1.807) is 0 Å². The van der Waals surface area contributed by atoms with Gasteiger partial charge in [0.2, 0.25) is 0 Å². The molecule has 0 spiro atoms. The summed E-state index contributed by atoms with van der Waals surface area (Å²) in [5, 5.41) is 10.5. The molecule has 3 aromatic heterocycles. The number of hydrogen-bond acceptors (Lipinski definition) is 5. The van der Waals surface area contributed by atoms with Gasteiger partial charge in [-0.1, -0.05) is 12.1 Å². The fourth-order valence-corrected chi connectivity index (χ4v) is 2.77. The van der Waals surface area contributed by atoms with Gasteiger partial charge in [-0.25, -0.2) is 15.0 Å². The van der Waals surface area contributed by atoms with Gasteiger partial charge in [0.1, 0.15) is 5.82 Å². The number of aromatic amines is 2. The van der Waals surface area contributed by atoms with Crippen LogP contribution in [-0.2, 0) is 6.54 Å². The van der Waals surface area contributed by atoms with E-state index in [-0.39, 0.29) is 0 Å². The van der Waals surface area contributed by atoms with Gasteiger partial charge in [-0.2, -0.15) is 5.10 Å². The van der Waals surface area contributed by atoms with Crippen molar-refractivity contribution >= 4 is 28.0 Å². The van der Waals surface area contributed by atoms with Crippen molar-refractivity contribution in [3.8, 4) is 0 Å². The van der Waals surface area contributed by atoms with Crippen LogP contribution in [-0.4, -0.2) is 30.1 Å². The summed E-state index contributed by atoms with van der Waals surface area (Å²) < 4.78 is 0. The maximum atomic E-state index is 4.60. The van der Waals surface area contributed by atoms with Gasteiger partial charge in [0, 0.05) is 12.1 Å². The Bertz CT molecular complexity index is 963. The molecule has 0 bridgehead atoms. The third-order valence-electron chi connectivity index (χ3n) is 4.15. The van der Waals surface area contributed by atoms with Crippen molar-refractivity contribution in [2.24, 2.45) is 0 Å². The lowest BCUT2D eigenvalue weighted by atomic mass is 10.3. The highest BCUT2D eigenvalue weighted by atomic mass is 15.2. The largest absolute Gasteiger partial charge is 0.360 e. The van der Waals surface area contributed by atoms with Gasteiger partial charge in [-0.3, -0.25) is 5.10 Å². The van der Waals surface area contributed by atoms with Gasteiger partial charge in [0.15, 0.2) is 17.0 Å². The lowest BCUT2D eigenvalue weighted by Crippen LogP contribution is -2.02. The van der Waals surface area contributed by atoms with Gasteiger partial charge >= 0.3 is 0 Å². The number of anilines is 1. The first-order valence-corrected chi connectivity index (χ1v) is 7.75. The summed E-state index contributed by atoms with van der Waals surface area (Å²) in [7, 11) is 0. The monoisotopic (exact) mass is 305 g/mol. The minimum Gasteiger partial charge on any atom is -0.360 e. The molecule has 1 aromatic carbocycles. The van der Waals surface area contributed by atoms with E-state index in [9.17, 15) is 0 Å². The quantitative estimate of drug-likeness (QED) is 0.539. The number of hydrogen-bond donors (Lipinski definition) is 3. The van der Waals surface area contributed by atoms with Crippen LogP contribution in [0.2, 0.25) is 0 Å². The van der Waals surface area contributed by atoms with Crippen LogP contribution in [0.3, 0.4) is 0 Å². The van der Waals surface area contributed by atoms with Crippen LogP contribution in [0.5, 0.6) is 0 Å². The number of nitrogens with one attached hydrogen (secondary N) is 3. The minimum absolute atomic E-state index is 0.556. The molecule has 1 fully saturated rings. The standard InChI is InChI=1S/C16H15N7/c1-2-4-11-10(3-1)19-13(20-11)8-18-15-14-16(23-22-15)21-12(7-17-14)9-5-6-9/h1-4,7,9H,5-6,8H2,(H,19,20)(H2,18,21,22,23). The van der Waals surface area contributed by atoms with Crippen LogP contribution in [0.25, 0.3) is 22.2 Å². The molecule has 7 nitrogen and oxygen atoms in total. The molecule has 4 aromatic rings. The van der Waals surface area contributed by atoms with Crippen LogP contribution in [0.15, 0.2) is 30.5 Å². The van der Waals surface area contributed by atoms with Crippen molar-refractivity contribution in [2.75, 3.05) is 5.32 Å². The number of aromatic nitrogens is 6. The molecular formula is C16H15N7. The molecule has 7 heteroatoms. The number of benzene rings is 1. The first kappa shape index (κ1) is 12.6. The second kappa shape index (κ2) is 4.77. The highest BCUT2D eigenvalue weighted by Crippen LogP contribution is 2.39. The van der Waals surface area contributed by atoms with Gasteiger partial charge in [0.05, 0.1) is 23.3 Å². The molecule has 3 N–H and O–H groups in total. The minimum atomic E-state index is 0.556.